The van der Waals surface area contributed by atoms with Crippen molar-refractivity contribution in [2.24, 2.45) is 0 Å². The fraction of sp³-hybridized carbons (Fsp3) is 0.350. The number of pyridine rings is 1. The quantitative estimate of drug-likeness (QED) is 0.748. The van der Waals surface area contributed by atoms with Crippen LogP contribution in [0.4, 0.5) is 5.69 Å². The maximum Gasteiger partial charge on any atom is 0.242 e. The number of thioether (sulfide) groups is 1. The summed E-state index contributed by atoms with van der Waals surface area (Å²) in [6.45, 7) is 2.81. The highest BCUT2D eigenvalue weighted by atomic mass is 35.5. The Labute approximate surface area is 174 Å². The number of aromatic nitrogens is 1. The molecular weight excluding hydrogens is 396 g/mol. The number of hydrogen-bond donors (Lipinski definition) is 1. The zero-order valence-electron chi connectivity index (χ0n) is 15.5. The number of rotatable bonds is 7. The standard InChI is InChI=1S/C20H23ClN4O2S/c21-16-4-3-6-18(12-16)24-8-10-25(11-9-24)20(27)13-23-19(26)15-28-14-17-5-1-2-7-22-17/h1-7,12H,8-11,13-15H2,(H,23,26). The van der Waals surface area contributed by atoms with Gasteiger partial charge in [0.1, 0.15) is 0 Å². The van der Waals surface area contributed by atoms with Gasteiger partial charge in [-0.15, -0.1) is 11.8 Å². The molecule has 1 aromatic carbocycles. The van der Waals surface area contributed by atoms with Crippen molar-refractivity contribution in [2.45, 2.75) is 5.75 Å². The zero-order valence-corrected chi connectivity index (χ0v) is 17.1. The molecule has 0 saturated carbocycles. The Morgan fingerprint density at radius 1 is 1.11 bits per heavy atom. The van der Waals surface area contributed by atoms with E-state index >= 15 is 0 Å². The van der Waals surface area contributed by atoms with Gasteiger partial charge < -0.3 is 15.1 Å². The summed E-state index contributed by atoms with van der Waals surface area (Å²) in [5.41, 5.74) is 2.01. The van der Waals surface area contributed by atoms with Gasteiger partial charge in [0, 0.05) is 48.8 Å². The first-order valence-corrected chi connectivity index (χ1v) is 10.7. The predicted molar refractivity (Wildman–Crippen MR) is 114 cm³/mol. The lowest BCUT2D eigenvalue weighted by atomic mass is 10.2. The van der Waals surface area contributed by atoms with Crippen molar-refractivity contribution in [3.05, 3.63) is 59.4 Å². The summed E-state index contributed by atoms with van der Waals surface area (Å²) in [6, 6.07) is 13.4. The monoisotopic (exact) mass is 418 g/mol. The van der Waals surface area contributed by atoms with Crippen LogP contribution in [0.3, 0.4) is 0 Å². The molecule has 0 atom stereocenters. The Bertz CT molecular complexity index is 798. The molecule has 2 aromatic rings. The third-order valence-corrected chi connectivity index (χ3v) is 5.65. The van der Waals surface area contributed by atoms with Crippen molar-refractivity contribution in [1.82, 2.24) is 15.2 Å². The SMILES string of the molecule is O=C(CSCc1ccccn1)NCC(=O)N1CCN(c2cccc(Cl)c2)CC1. The number of halogens is 1. The normalized spacial score (nSPS) is 14.0. The molecule has 1 N–H and O–H groups in total. The predicted octanol–water partition coefficient (Wildman–Crippen LogP) is 2.43. The van der Waals surface area contributed by atoms with E-state index in [9.17, 15) is 9.59 Å². The van der Waals surface area contributed by atoms with Gasteiger partial charge in [-0.05, 0) is 30.3 Å². The second-order valence-corrected chi connectivity index (χ2v) is 7.86. The summed E-state index contributed by atoms with van der Waals surface area (Å²) in [6.07, 6.45) is 1.74. The Hall–Kier alpha value is -2.25. The lowest BCUT2D eigenvalue weighted by Gasteiger charge is -2.36. The molecule has 6 nitrogen and oxygen atoms in total. The highest BCUT2D eigenvalue weighted by Gasteiger charge is 2.21. The average Bonchev–Trinajstić information content (AvgIpc) is 2.73. The van der Waals surface area contributed by atoms with Crippen LogP contribution in [0.15, 0.2) is 48.7 Å². The Morgan fingerprint density at radius 3 is 2.64 bits per heavy atom. The van der Waals surface area contributed by atoms with Gasteiger partial charge in [-0.25, -0.2) is 0 Å². The largest absolute Gasteiger partial charge is 0.368 e. The number of anilines is 1. The van der Waals surface area contributed by atoms with Gasteiger partial charge in [-0.1, -0.05) is 23.7 Å². The minimum absolute atomic E-state index is 0.0418. The molecule has 28 heavy (non-hydrogen) atoms. The van der Waals surface area contributed by atoms with Crippen LogP contribution >= 0.6 is 23.4 Å². The van der Waals surface area contributed by atoms with Crippen LogP contribution in [0.25, 0.3) is 0 Å². The molecule has 0 radical (unpaired) electrons. The molecule has 0 aliphatic carbocycles. The molecule has 148 valence electrons. The summed E-state index contributed by atoms with van der Waals surface area (Å²) in [7, 11) is 0. The van der Waals surface area contributed by atoms with Crippen LogP contribution in [0.2, 0.25) is 5.02 Å². The molecule has 1 saturated heterocycles. The van der Waals surface area contributed by atoms with Gasteiger partial charge in [0.2, 0.25) is 11.8 Å². The number of nitrogens with one attached hydrogen (secondary N) is 1. The number of amides is 2. The fourth-order valence-electron chi connectivity index (χ4n) is 2.96. The molecule has 2 heterocycles. The first kappa shape index (κ1) is 20.5. The van der Waals surface area contributed by atoms with Crippen LogP contribution in [0, 0.1) is 0 Å². The number of hydrogen-bond acceptors (Lipinski definition) is 5. The number of carbonyl (C=O) groups excluding carboxylic acids is 2. The minimum atomic E-state index is -0.133. The first-order valence-electron chi connectivity index (χ1n) is 9.14. The van der Waals surface area contributed by atoms with E-state index < -0.39 is 0 Å². The van der Waals surface area contributed by atoms with Crippen molar-refractivity contribution >= 4 is 40.9 Å². The second-order valence-electron chi connectivity index (χ2n) is 6.44. The van der Waals surface area contributed by atoms with Gasteiger partial charge in [0.05, 0.1) is 18.0 Å². The lowest BCUT2D eigenvalue weighted by Crippen LogP contribution is -2.51. The van der Waals surface area contributed by atoms with Gasteiger partial charge in [-0.3, -0.25) is 14.6 Å². The highest BCUT2D eigenvalue weighted by molar-refractivity contribution is 7.99. The summed E-state index contributed by atoms with van der Waals surface area (Å²) in [5, 5.41) is 3.42. The molecule has 1 aliphatic heterocycles. The Kier molecular flexibility index (Phi) is 7.56. The summed E-state index contributed by atoms with van der Waals surface area (Å²) < 4.78 is 0. The van der Waals surface area contributed by atoms with Crippen molar-refractivity contribution < 1.29 is 9.59 Å². The zero-order chi connectivity index (χ0) is 19.8. The van der Waals surface area contributed by atoms with Crippen molar-refractivity contribution in [3.63, 3.8) is 0 Å². The Morgan fingerprint density at radius 2 is 1.93 bits per heavy atom. The lowest BCUT2D eigenvalue weighted by molar-refractivity contribution is -0.132. The van der Waals surface area contributed by atoms with E-state index in [0.717, 1.165) is 24.5 Å². The molecule has 0 spiro atoms. The molecule has 0 unspecified atom stereocenters. The molecule has 3 rings (SSSR count). The first-order chi connectivity index (χ1) is 13.6. The van der Waals surface area contributed by atoms with Gasteiger partial charge in [0.25, 0.3) is 0 Å². The van der Waals surface area contributed by atoms with E-state index in [1.165, 1.54) is 11.8 Å². The van der Waals surface area contributed by atoms with E-state index in [-0.39, 0.29) is 18.4 Å². The highest BCUT2D eigenvalue weighted by Crippen LogP contribution is 2.20. The van der Waals surface area contributed by atoms with Crippen molar-refractivity contribution in [2.75, 3.05) is 43.4 Å². The molecule has 1 aliphatic rings. The van der Waals surface area contributed by atoms with Crippen LogP contribution in [0.5, 0.6) is 0 Å². The molecule has 0 bridgehead atoms. The summed E-state index contributed by atoms with van der Waals surface area (Å²) in [4.78, 5) is 32.5. The van der Waals surface area contributed by atoms with E-state index in [2.05, 4.69) is 15.2 Å². The van der Waals surface area contributed by atoms with Crippen molar-refractivity contribution in [1.29, 1.82) is 0 Å². The second kappa shape index (κ2) is 10.3. The van der Waals surface area contributed by atoms with Crippen molar-refractivity contribution in [3.8, 4) is 0 Å². The average molecular weight is 419 g/mol. The third kappa shape index (κ3) is 6.14. The van der Waals surface area contributed by atoms with Crippen LogP contribution in [-0.4, -0.2) is 60.2 Å². The fourth-order valence-corrected chi connectivity index (χ4v) is 3.91. The summed E-state index contributed by atoms with van der Waals surface area (Å²) >= 11 is 7.53. The van der Waals surface area contributed by atoms with E-state index in [4.69, 9.17) is 11.6 Å². The minimum Gasteiger partial charge on any atom is -0.368 e. The third-order valence-electron chi connectivity index (χ3n) is 4.45. The van der Waals surface area contributed by atoms with Crippen LogP contribution in [0.1, 0.15) is 5.69 Å². The van der Waals surface area contributed by atoms with Crippen LogP contribution < -0.4 is 10.2 Å². The van der Waals surface area contributed by atoms with E-state index in [1.807, 2.05) is 42.5 Å². The van der Waals surface area contributed by atoms with Gasteiger partial charge in [-0.2, -0.15) is 0 Å². The van der Waals surface area contributed by atoms with E-state index in [1.54, 1.807) is 11.1 Å². The molecule has 8 heteroatoms. The van der Waals surface area contributed by atoms with Crippen LogP contribution in [-0.2, 0) is 15.3 Å². The topological polar surface area (TPSA) is 65.5 Å². The van der Waals surface area contributed by atoms with Gasteiger partial charge in [0.15, 0.2) is 0 Å². The number of benzene rings is 1. The maximum absolute atomic E-state index is 12.3. The van der Waals surface area contributed by atoms with E-state index in [0.29, 0.717) is 29.6 Å². The molecule has 1 aromatic heterocycles. The van der Waals surface area contributed by atoms with Gasteiger partial charge >= 0.3 is 0 Å². The number of piperazine rings is 1. The molecule has 1 fully saturated rings. The molecular formula is C20H23ClN4O2S. The number of carbonyl (C=O) groups is 2. The smallest absolute Gasteiger partial charge is 0.242 e. The molecule has 2 amide bonds. The maximum atomic E-state index is 12.3. The number of nitrogens with zero attached hydrogens (tertiary/aromatic N) is 3. The summed E-state index contributed by atoms with van der Waals surface area (Å²) in [5.74, 6) is 0.806. The Balaban J connectivity index is 1.34.